The predicted octanol–water partition coefficient (Wildman–Crippen LogP) is 2.94. The topological polar surface area (TPSA) is 89.0 Å². The molecule has 1 unspecified atom stereocenters. The normalized spacial score (nSPS) is 18.5. The molecule has 2 aromatic rings. The fourth-order valence-electron chi connectivity index (χ4n) is 3.32. The van der Waals surface area contributed by atoms with Gasteiger partial charge in [-0.25, -0.2) is 0 Å². The van der Waals surface area contributed by atoms with Gasteiger partial charge in [0, 0.05) is 24.5 Å². The molecule has 0 radical (unpaired) electrons. The number of carbonyl (C=O) groups is 2. The van der Waals surface area contributed by atoms with Crippen molar-refractivity contribution < 1.29 is 24.2 Å². The van der Waals surface area contributed by atoms with E-state index < -0.39 is 17.7 Å². The van der Waals surface area contributed by atoms with Crippen molar-refractivity contribution >= 4 is 17.4 Å². The van der Waals surface area contributed by atoms with E-state index >= 15 is 0 Å². The van der Waals surface area contributed by atoms with E-state index in [9.17, 15) is 14.7 Å². The van der Waals surface area contributed by atoms with Gasteiger partial charge in [0.05, 0.1) is 31.4 Å². The average Bonchev–Trinajstić information content (AvgIpc) is 2.98. The molecule has 152 valence electrons. The molecule has 1 atom stereocenters. The number of hydrogen-bond donors (Lipinski definition) is 1. The van der Waals surface area contributed by atoms with E-state index in [2.05, 4.69) is 4.98 Å². The minimum absolute atomic E-state index is 0.00276. The number of nitrogens with zero attached hydrogens (tertiary/aromatic N) is 2. The molecule has 1 aromatic carbocycles. The van der Waals surface area contributed by atoms with Gasteiger partial charge in [0.1, 0.15) is 11.5 Å². The SMILES string of the molecule is COc1cccc(/C(O)=C2/C(=O)C(=O)N(CCOC(C)C)C2c2ccncc2)c1. The van der Waals surface area contributed by atoms with E-state index in [4.69, 9.17) is 9.47 Å². The predicted molar refractivity (Wildman–Crippen MR) is 107 cm³/mol. The van der Waals surface area contributed by atoms with Crippen LogP contribution in [-0.2, 0) is 14.3 Å². The second-order valence-electron chi connectivity index (χ2n) is 6.92. The molecule has 1 aliphatic rings. The van der Waals surface area contributed by atoms with E-state index in [1.165, 1.54) is 12.0 Å². The highest BCUT2D eigenvalue weighted by atomic mass is 16.5. The van der Waals surface area contributed by atoms with Crippen LogP contribution in [0, 0.1) is 0 Å². The maximum Gasteiger partial charge on any atom is 0.295 e. The molecule has 1 aromatic heterocycles. The van der Waals surface area contributed by atoms with Crippen LogP contribution in [0.5, 0.6) is 5.75 Å². The highest BCUT2D eigenvalue weighted by Crippen LogP contribution is 2.39. The van der Waals surface area contributed by atoms with Crippen LogP contribution in [0.15, 0.2) is 54.4 Å². The van der Waals surface area contributed by atoms with Gasteiger partial charge in [0.2, 0.25) is 0 Å². The number of aliphatic hydroxyl groups is 1. The molecular weight excluding hydrogens is 372 g/mol. The lowest BCUT2D eigenvalue weighted by molar-refractivity contribution is -0.140. The molecular formula is C22H24N2O5. The van der Waals surface area contributed by atoms with Gasteiger partial charge in [0.15, 0.2) is 0 Å². The maximum absolute atomic E-state index is 12.9. The Bertz CT molecular complexity index is 924. The van der Waals surface area contributed by atoms with Gasteiger partial charge >= 0.3 is 0 Å². The maximum atomic E-state index is 12.9. The Kier molecular flexibility index (Phi) is 6.29. The zero-order valence-electron chi connectivity index (χ0n) is 16.7. The summed E-state index contributed by atoms with van der Waals surface area (Å²) in [5.74, 6) is -1.09. The zero-order chi connectivity index (χ0) is 21.0. The van der Waals surface area contributed by atoms with Crippen molar-refractivity contribution in [1.82, 2.24) is 9.88 Å². The average molecular weight is 396 g/mol. The molecule has 1 N–H and O–H groups in total. The van der Waals surface area contributed by atoms with Crippen LogP contribution < -0.4 is 4.74 Å². The summed E-state index contributed by atoms with van der Waals surface area (Å²) in [7, 11) is 1.52. The van der Waals surface area contributed by atoms with Crippen molar-refractivity contribution in [1.29, 1.82) is 0 Å². The summed E-state index contributed by atoms with van der Waals surface area (Å²) in [6.07, 6.45) is 3.18. The smallest absolute Gasteiger partial charge is 0.295 e. The third kappa shape index (κ3) is 4.30. The first-order valence-electron chi connectivity index (χ1n) is 9.38. The Labute approximate surface area is 169 Å². The van der Waals surface area contributed by atoms with Crippen molar-refractivity contribution in [2.45, 2.75) is 26.0 Å². The lowest BCUT2D eigenvalue weighted by atomic mass is 9.96. The molecule has 0 aliphatic carbocycles. The minimum Gasteiger partial charge on any atom is -0.507 e. The second-order valence-corrected chi connectivity index (χ2v) is 6.92. The number of Topliss-reactive ketones (excluding diaryl/α,β-unsaturated/α-hetero) is 1. The molecule has 3 rings (SSSR count). The molecule has 29 heavy (non-hydrogen) atoms. The quantitative estimate of drug-likeness (QED) is 0.440. The molecule has 1 amide bonds. The second kappa shape index (κ2) is 8.87. The Morgan fingerprint density at radius 2 is 1.93 bits per heavy atom. The largest absolute Gasteiger partial charge is 0.507 e. The van der Waals surface area contributed by atoms with E-state index in [1.54, 1.807) is 48.8 Å². The van der Waals surface area contributed by atoms with Crippen LogP contribution >= 0.6 is 0 Å². The first kappa shape index (κ1) is 20.5. The number of carbonyl (C=O) groups excluding carboxylic acids is 2. The summed E-state index contributed by atoms with van der Waals surface area (Å²) in [6, 6.07) is 9.46. The summed E-state index contributed by atoms with van der Waals surface area (Å²) in [5, 5.41) is 11.0. The Morgan fingerprint density at radius 3 is 2.59 bits per heavy atom. The number of methoxy groups -OCH3 is 1. The summed E-state index contributed by atoms with van der Waals surface area (Å²) < 4.78 is 10.8. The number of hydrogen-bond acceptors (Lipinski definition) is 6. The van der Waals surface area contributed by atoms with Crippen molar-refractivity contribution in [3.63, 3.8) is 0 Å². The number of pyridine rings is 1. The van der Waals surface area contributed by atoms with Gasteiger partial charge in [-0.2, -0.15) is 0 Å². The minimum atomic E-state index is -0.725. The zero-order valence-corrected chi connectivity index (χ0v) is 16.7. The monoisotopic (exact) mass is 396 g/mol. The molecule has 0 saturated carbocycles. The van der Waals surface area contributed by atoms with Crippen molar-refractivity contribution in [3.05, 3.63) is 65.5 Å². The fourth-order valence-corrected chi connectivity index (χ4v) is 3.32. The first-order chi connectivity index (χ1) is 13.9. The van der Waals surface area contributed by atoms with Crippen LogP contribution in [0.2, 0.25) is 0 Å². The van der Waals surface area contributed by atoms with E-state index in [-0.39, 0.29) is 30.6 Å². The number of aliphatic hydroxyl groups excluding tert-OH is 1. The highest BCUT2D eigenvalue weighted by Gasteiger charge is 2.45. The highest BCUT2D eigenvalue weighted by molar-refractivity contribution is 6.46. The van der Waals surface area contributed by atoms with Crippen molar-refractivity contribution in [2.24, 2.45) is 0 Å². The van der Waals surface area contributed by atoms with Gasteiger partial charge in [0.25, 0.3) is 11.7 Å². The fraction of sp³-hybridized carbons (Fsp3) is 0.318. The molecule has 1 aliphatic heterocycles. The van der Waals surface area contributed by atoms with Crippen LogP contribution in [0.3, 0.4) is 0 Å². The van der Waals surface area contributed by atoms with Crippen LogP contribution in [-0.4, -0.2) is 53.0 Å². The van der Waals surface area contributed by atoms with Gasteiger partial charge in [-0.3, -0.25) is 14.6 Å². The molecule has 1 saturated heterocycles. The summed E-state index contributed by atoms with van der Waals surface area (Å²) in [5.41, 5.74) is 1.13. The Balaban J connectivity index is 2.07. The summed E-state index contributed by atoms with van der Waals surface area (Å²) in [6.45, 7) is 4.31. The molecule has 0 spiro atoms. The Morgan fingerprint density at radius 1 is 1.21 bits per heavy atom. The third-order valence-corrected chi connectivity index (χ3v) is 4.69. The van der Waals surface area contributed by atoms with Gasteiger partial charge in [-0.1, -0.05) is 12.1 Å². The summed E-state index contributed by atoms with van der Waals surface area (Å²) in [4.78, 5) is 31.1. The van der Waals surface area contributed by atoms with Gasteiger partial charge in [-0.15, -0.1) is 0 Å². The van der Waals surface area contributed by atoms with E-state index in [0.717, 1.165) is 0 Å². The van der Waals surface area contributed by atoms with Crippen LogP contribution in [0.25, 0.3) is 5.76 Å². The number of aromatic nitrogens is 1. The number of likely N-dealkylation sites (tertiary alicyclic amines) is 1. The molecule has 0 bridgehead atoms. The number of ketones is 1. The number of rotatable bonds is 7. The van der Waals surface area contributed by atoms with Crippen molar-refractivity contribution in [2.75, 3.05) is 20.3 Å². The lowest BCUT2D eigenvalue weighted by Gasteiger charge is -2.25. The number of amides is 1. The van der Waals surface area contributed by atoms with Gasteiger partial charge < -0.3 is 19.5 Å². The molecule has 2 heterocycles. The third-order valence-electron chi connectivity index (χ3n) is 4.69. The first-order valence-corrected chi connectivity index (χ1v) is 9.38. The molecule has 1 fully saturated rings. The van der Waals surface area contributed by atoms with E-state index in [0.29, 0.717) is 16.9 Å². The lowest BCUT2D eigenvalue weighted by Crippen LogP contribution is -2.33. The van der Waals surface area contributed by atoms with Gasteiger partial charge in [-0.05, 0) is 43.7 Å². The number of ether oxygens (including phenoxy) is 2. The standard InChI is InChI=1S/C22H24N2O5/c1-14(2)29-12-11-24-19(15-7-9-23-10-8-15)18(21(26)22(24)27)20(25)16-5-4-6-17(13-16)28-3/h4-10,13-14,19,25H,11-12H2,1-3H3/b20-18-. The van der Waals surface area contributed by atoms with Crippen LogP contribution in [0.4, 0.5) is 0 Å². The van der Waals surface area contributed by atoms with Crippen LogP contribution in [0.1, 0.15) is 31.0 Å². The molecule has 7 heteroatoms. The summed E-state index contributed by atoms with van der Waals surface area (Å²) >= 11 is 0. The molecule has 7 nitrogen and oxygen atoms in total. The van der Waals surface area contributed by atoms with Crippen molar-refractivity contribution in [3.8, 4) is 5.75 Å². The van der Waals surface area contributed by atoms with E-state index in [1.807, 2.05) is 13.8 Å². The Hall–Kier alpha value is -3.19. The number of benzene rings is 1.